The Morgan fingerprint density at radius 2 is 2.13 bits per heavy atom. The minimum atomic E-state index is 0.394. The zero-order valence-electron chi connectivity index (χ0n) is 8.22. The molecule has 0 amide bonds. The van der Waals surface area contributed by atoms with E-state index in [1.54, 1.807) is 12.1 Å². The molecule has 3 nitrogen and oxygen atoms in total. The zero-order chi connectivity index (χ0) is 10.3. The summed E-state index contributed by atoms with van der Waals surface area (Å²) in [7, 11) is 0. The van der Waals surface area contributed by atoms with E-state index in [1.165, 1.54) is 6.20 Å². The molecule has 0 saturated heterocycles. The number of aromatic nitrogens is 1. The van der Waals surface area contributed by atoms with Crippen molar-refractivity contribution in [3.05, 3.63) is 41.7 Å². The van der Waals surface area contributed by atoms with Crippen LogP contribution in [0.1, 0.15) is 12.8 Å². The first kappa shape index (κ1) is 8.53. The van der Waals surface area contributed by atoms with Gasteiger partial charge in [-0.3, -0.25) is 0 Å². The van der Waals surface area contributed by atoms with Gasteiger partial charge in [-0.05, 0) is 31.0 Å². The van der Waals surface area contributed by atoms with Crippen molar-refractivity contribution in [2.45, 2.75) is 18.9 Å². The fourth-order valence-corrected chi connectivity index (χ4v) is 1.62. The summed E-state index contributed by atoms with van der Waals surface area (Å²) < 4.78 is 6.53. The topological polar surface area (TPSA) is 36.2 Å². The molecule has 1 aromatic carbocycles. The number of hydrogen-bond donors (Lipinski definition) is 0. The van der Waals surface area contributed by atoms with Crippen LogP contribution < -0.4 is 9.47 Å². The number of ether oxygens (including phenoxy) is 1. The van der Waals surface area contributed by atoms with Crippen LogP contribution in [0, 0.1) is 5.21 Å². The molecule has 0 N–H and O–H groups in total. The second kappa shape index (κ2) is 3.12. The van der Waals surface area contributed by atoms with Gasteiger partial charge in [0.05, 0.1) is 11.5 Å². The zero-order valence-corrected chi connectivity index (χ0v) is 8.22. The highest BCUT2D eigenvalue weighted by Gasteiger charge is 2.23. The summed E-state index contributed by atoms with van der Waals surface area (Å²) in [6, 6.07) is 9.25. The van der Waals surface area contributed by atoms with E-state index in [0.29, 0.717) is 11.6 Å². The van der Waals surface area contributed by atoms with Crippen LogP contribution in [0.4, 0.5) is 0 Å². The Hall–Kier alpha value is -1.77. The lowest BCUT2D eigenvalue weighted by atomic mass is 10.2. The standard InChI is InChI=1S/C12H11NO2/c14-13-7-1-2-9-8-11(5-6-12(9)13)15-10-3-4-10/h1-2,5-8,10H,3-4H2. The Morgan fingerprint density at radius 3 is 2.93 bits per heavy atom. The van der Waals surface area contributed by atoms with Gasteiger partial charge < -0.3 is 9.94 Å². The second-order valence-corrected chi connectivity index (χ2v) is 3.87. The molecule has 1 aliphatic rings. The molecule has 0 unspecified atom stereocenters. The first-order valence-electron chi connectivity index (χ1n) is 5.11. The van der Waals surface area contributed by atoms with E-state index >= 15 is 0 Å². The van der Waals surface area contributed by atoms with Crippen LogP contribution >= 0.6 is 0 Å². The van der Waals surface area contributed by atoms with E-state index in [9.17, 15) is 5.21 Å². The van der Waals surface area contributed by atoms with Gasteiger partial charge in [0.25, 0.3) is 0 Å². The lowest BCUT2D eigenvalue weighted by molar-refractivity contribution is -0.577. The highest BCUT2D eigenvalue weighted by Crippen LogP contribution is 2.28. The van der Waals surface area contributed by atoms with Crippen LogP contribution in [0.2, 0.25) is 0 Å². The molecule has 1 saturated carbocycles. The first-order valence-corrected chi connectivity index (χ1v) is 5.11. The monoisotopic (exact) mass is 201 g/mol. The molecule has 76 valence electrons. The second-order valence-electron chi connectivity index (χ2n) is 3.87. The van der Waals surface area contributed by atoms with Crippen molar-refractivity contribution in [1.29, 1.82) is 0 Å². The molecule has 0 spiro atoms. The minimum absolute atomic E-state index is 0.394. The molecule has 1 aliphatic carbocycles. The Morgan fingerprint density at radius 1 is 1.27 bits per heavy atom. The molecule has 15 heavy (non-hydrogen) atoms. The van der Waals surface area contributed by atoms with E-state index in [4.69, 9.17) is 4.74 Å². The highest BCUT2D eigenvalue weighted by molar-refractivity contribution is 5.77. The Kier molecular flexibility index (Phi) is 1.78. The van der Waals surface area contributed by atoms with Gasteiger partial charge in [0.15, 0.2) is 6.20 Å². The maximum atomic E-state index is 11.4. The molecular formula is C12H11NO2. The van der Waals surface area contributed by atoms with E-state index in [2.05, 4.69) is 0 Å². The summed E-state index contributed by atoms with van der Waals surface area (Å²) >= 11 is 0. The van der Waals surface area contributed by atoms with Gasteiger partial charge in [-0.15, -0.1) is 0 Å². The van der Waals surface area contributed by atoms with Gasteiger partial charge in [0, 0.05) is 12.1 Å². The van der Waals surface area contributed by atoms with Crippen LogP contribution in [0.5, 0.6) is 5.75 Å². The van der Waals surface area contributed by atoms with Gasteiger partial charge in [-0.1, -0.05) is 0 Å². The summed E-state index contributed by atoms with van der Waals surface area (Å²) in [5, 5.41) is 12.3. The Balaban J connectivity index is 2.05. The number of pyridine rings is 1. The first-order chi connectivity index (χ1) is 7.33. The molecule has 1 fully saturated rings. The minimum Gasteiger partial charge on any atom is -0.618 e. The van der Waals surface area contributed by atoms with E-state index < -0.39 is 0 Å². The normalized spacial score (nSPS) is 15.5. The summed E-state index contributed by atoms with van der Waals surface area (Å²) in [6.07, 6.45) is 4.19. The van der Waals surface area contributed by atoms with Crippen molar-refractivity contribution >= 4 is 10.9 Å². The fraction of sp³-hybridized carbons (Fsp3) is 0.250. The number of hydrogen-bond acceptors (Lipinski definition) is 2. The van der Waals surface area contributed by atoms with Gasteiger partial charge in [0.1, 0.15) is 5.75 Å². The van der Waals surface area contributed by atoms with Gasteiger partial charge in [-0.25, -0.2) is 0 Å². The predicted molar refractivity (Wildman–Crippen MR) is 56.6 cm³/mol. The lowest BCUT2D eigenvalue weighted by Gasteiger charge is -2.05. The third-order valence-corrected chi connectivity index (χ3v) is 2.56. The van der Waals surface area contributed by atoms with Crippen LogP contribution in [0.25, 0.3) is 10.9 Å². The average Bonchev–Trinajstić information content (AvgIpc) is 3.02. The van der Waals surface area contributed by atoms with Crippen molar-refractivity contribution in [3.63, 3.8) is 0 Å². The fourth-order valence-electron chi connectivity index (χ4n) is 1.62. The van der Waals surface area contributed by atoms with E-state index in [0.717, 1.165) is 28.7 Å². The van der Waals surface area contributed by atoms with Gasteiger partial charge >= 0.3 is 0 Å². The molecule has 2 aromatic rings. The molecule has 0 aliphatic heterocycles. The Bertz CT molecular complexity index is 506. The maximum Gasteiger partial charge on any atom is 0.223 e. The predicted octanol–water partition coefficient (Wildman–Crippen LogP) is 2.01. The van der Waals surface area contributed by atoms with E-state index in [-0.39, 0.29) is 0 Å². The third kappa shape index (κ3) is 1.61. The van der Waals surface area contributed by atoms with Crippen LogP contribution in [-0.4, -0.2) is 6.10 Å². The van der Waals surface area contributed by atoms with Crippen molar-refractivity contribution in [1.82, 2.24) is 0 Å². The molecule has 0 radical (unpaired) electrons. The average molecular weight is 201 g/mol. The number of fused-ring (bicyclic) bond motifs is 1. The lowest BCUT2D eigenvalue weighted by Crippen LogP contribution is -2.25. The third-order valence-electron chi connectivity index (χ3n) is 2.56. The quantitative estimate of drug-likeness (QED) is 0.550. The number of nitrogens with zero attached hydrogens (tertiary/aromatic N) is 1. The van der Waals surface area contributed by atoms with Crippen molar-refractivity contribution in [2.75, 3.05) is 0 Å². The summed E-state index contributed by atoms with van der Waals surface area (Å²) in [4.78, 5) is 0. The molecule has 0 bridgehead atoms. The van der Waals surface area contributed by atoms with Crippen LogP contribution in [0.3, 0.4) is 0 Å². The number of rotatable bonds is 2. The van der Waals surface area contributed by atoms with Crippen molar-refractivity contribution in [2.24, 2.45) is 0 Å². The van der Waals surface area contributed by atoms with Crippen molar-refractivity contribution in [3.8, 4) is 5.75 Å². The Labute approximate surface area is 87.5 Å². The SMILES string of the molecule is [O-][n+]1cccc2cc(OC3CC3)ccc21. The van der Waals surface area contributed by atoms with Gasteiger partial charge in [0.2, 0.25) is 5.52 Å². The van der Waals surface area contributed by atoms with Crippen LogP contribution in [-0.2, 0) is 0 Å². The summed E-state index contributed by atoms with van der Waals surface area (Å²) in [5.41, 5.74) is 0.681. The largest absolute Gasteiger partial charge is 0.618 e. The van der Waals surface area contributed by atoms with Crippen molar-refractivity contribution < 1.29 is 9.47 Å². The summed E-state index contributed by atoms with van der Waals surface area (Å²) in [6.45, 7) is 0. The molecular weight excluding hydrogens is 190 g/mol. The molecule has 1 aromatic heterocycles. The maximum absolute atomic E-state index is 11.4. The summed E-state index contributed by atoms with van der Waals surface area (Å²) in [5.74, 6) is 0.858. The van der Waals surface area contributed by atoms with Gasteiger partial charge in [-0.2, -0.15) is 4.73 Å². The van der Waals surface area contributed by atoms with E-state index in [1.807, 2.05) is 18.2 Å². The highest BCUT2D eigenvalue weighted by atomic mass is 16.5. The number of benzene rings is 1. The molecule has 3 heteroatoms. The molecule has 1 heterocycles. The molecule has 3 rings (SSSR count). The smallest absolute Gasteiger partial charge is 0.223 e. The molecule has 0 atom stereocenters. The van der Waals surface area contributed by atoms with Crippen LogP contribution in [0.15, 0.2) is 36.5 Å².